The van der Waals surface area contributed by atoms with Crippen molar-refractivity contribution in [3.05, 3.63) is 94.0 Å². The van der Waals surface area contributed by atoms with E-state index in [-0.39, 0.29) is 37.0 Å². The first-order valence-electron chi connectivity index (χ1n) is 13.8. The smallest absolute Gasteiger partial charge is 0.490 e. The number of nitrogens with zero attached hydrogens (tertiary/aromatic N) is 2. The van der Waals surface area contributed by atoms with Crippen molar-refractivity contribution in [1.82, 2.24) is 10.2 Å². The van der Waals surface area contributed by atoms with Gasteiger partial charge in [0.2, 0.25) is 5.91 Å². The quantitative estimate of drug-likeness (QED) is 0.305. The number of piperidine rings is 1. The Hall–Kier alpha value is -4.42. The Morgan fingerprint density at radius 3 is 2.23 bits per heavy atom. The van der Waals surface area contributed by atoms with Crippen LogP contribution in [0.5, 0.6) is 5.75 Å². The summed E-state index contributed by atoms with van der Waals surface area (Å²) in [4.78, 5) is 53.4. The number of esters is 2. The molecule has 0 saturated carbocycles. The predicted octanol–water partition coefficient (Wildman–Crippen LogP) is 4.91. The van der Waals surface area contributed by atoms with Gasteiger partial charge in [-0.05, 0) is 85.6 Å². The van der Waals surface area contributed by atoms with Crippen molar-refractivity contribution >= 4 is 41.0 Å². The van der Waals surface area contributed by atoms with Crippen LogP contribution in [0.15, 0.2) is 66.7 Å². The van der Waals surface area contributed by atoms with Crippen LogP contribution in [0.3, 0.4) is 0 Å². The molecule has 0 spiro atoms. The molecule has 1 saturated heterocycles. The maximum atomic E-state index is 13.7. The summed E-state index contributed by atoms with van der Waals surface area (Å²) < 4.78 is 48.2. The van der Waals surface area contributed by atoms with E-state index in [0.29, 0.717) is 27.5 Å². The third-order valence-electron chi connectivity index (χ3n) is 7.25. The number of benzene rings is 3. The van der Waals surface area contributed by atoms with Crippen LogP contribution in [0.25, 0.3) is 0 Å². The molecule has 44 heavy (non-hydrogen) atoms. The van der Waals surface area contributed by atoms with E-state index >= 15 is 0 Å². The first-order valence-corrected chi connectivity index (χ1v) is 14.1. The second-order valence-corrected chi connectivity index (χ2v) is 10.8. The molecule has 3 aromatic carbocycles. The van der Waals surface area contributed by atoms with Crippen LogP contribution in [0.4, 0.5) is 18.9 Å². The molecule has 2 aliphatic rings. The van der Waals surface area contributed by atoms with Crippen LogP contribution in [0.2, 0.25) is 5.02 Å². The third-order valence-corrected chi connectivity index (χ3v) is 7.50. The van der Waals surface area contributed by atoms with E-state index in [1.807, 2.05) is 0 Å². The number of fused-ring (bicyclic) bond motifs is 1. The van der Waals surface area contributed by atoms with Crippen molar-refractivity contribution < 1.29 is 41.8 Å². The lowest BCUT2D eigenvalue weighted by atomic mass is 10.1. The van der Waals surface area contributed by atoms with E-state index in [9.17, 15) is 32.3 Å². The number of carbonyl (C=O) groups excluding carboxylic acids is 4. The summed E-state index contributed by atoms with van der Waals surface area (Å²) in [5.41, 5.74) is 1.25. The fraction of sp³-hybridized carbons (Fsp3) is 0.290. The van der Waals surface area contributed by atoms with Crippen molar-refractivity contribution in [2.45, 2.75) is 38.2 Å². The molecule has 230 valence electrons. The second-order valence-electron chi connectivity index (χ2n) is 10.4. The molecule has 2 amide bonds. The minimum absolute atomic E-state index is 0.0163. The summed E-state index contributed by atoms with van der Waals surface area (Å²) in [5, 5.41) is 3.71. The summed E-state index contributed by atoms with van der Waals surface area (Å²) in [6.45, 7) is 1.40. The molecule has 2 aliphatic heterocycles. The molecular formula is C31H27ClF3N3O6. The first kappa shape index (κ1) is 31.0. The Labute approximate surface area is 255 Å². The SMILES string of the molecule is O=C(OC(=O)C(F)(F)F)c1ccc2c(c1)N(Cc1ccc(OC3CCNCC3)cc1)C(=O)CN(C(=O)c1ccc(Cl)cc1)C2. The highest BCUT2D eigenvalue weighted by atomic mass is 35.5. The number of halogens is 4. The minimum atomic E-state index is -5.37. The van der Waals surface area contributed by atoms with Gasteiger partial charge in [0.15, 0.2) is 0 Å². The van der Waals surface area contributed by atoms with Gasteiger partial charge in [-0.2, -0.15) is 13.2 Å². The van der Waals surface area contributed by atoms with Gasteiger partial charge in [-0.15, -0.1) is 0 Å². The van der Waals surface area contributed by atoms with E-state index in [0.717, 1.165) is 25.9 Å². The van der Waals surface area contributed by atoms with Crippen LogP contribution in [-0.4, -0.2) is 60.6 Å². The van der Waals surface area contributed by atoms with Crippen LogP contribution in [-0.2, 0) is 27.4 Å². The average Bonchev–Trinajstić information content (AvgIpc) is 3.13. The monoisotopic (exact) mass is 629 g/mol. The number of amides is 2. The fourth-order valence-corrected chi connectivity index (χ4v) is 5.10. The summed E-state index contributed by atoms with van der Waals surface area (Å²) in [6.07, 6.45) is -3.51. The summed E-state index contributed by atoms with van der Waals surface area (Å²) in [7, 11) is 0. The van der Waals surface area contributed by atoms with Crippen molar-refractivity contribution in [2.24, 2.45) is 0 Å². The Balaban J connectivity index is 1.43. The highest BCUT2D eigenvalue weighted by molar-refractivity contribution is 6.30. The van der Waals surface area contributed by atoms with Gasteiger partial charge in [-0.1, -0.05) is 29.8 Å². The number of ether oxygens (including phenoxy) is 2. The standard InChI is InChI=1S/C31H27ClF3N3O6/c32-23-7-5-20(6-8-23)28(40)37-17-22-4-3-21(29(41)44-30(42)31(33,34)35)15-26(22)38(27(39)18-37)16-19-1-9-24(10-2-19)43-25-11-13-36-14-12-25/h1-10,15,25,36H,11-14,16-18H2. The highest BCUT2D eigenvalue weighted by Gasteiger charge is 2.42. The largest absolute Gasteiger partial charge is 0.491 e. The maximum Gasteiger partial charge on any atom is 0.491 e. The van der Waals surface area contributed by atoms with Gasteiger partial charge in [0, 0.05) is 22.8 Å². The average molecular weight is 630 g/mol. The lowest BCUT2D eigenvalue weighted by molar-refractivity contribution is -0.193. The fourth-order valence-electron chi connectivity index (χ4n) is 4.98. The molecule has 1 N–H and O–H groups in total. The zero-order valence-corrected chi connectivity index (χ0v) is 24.0. The molecule has 3 aromatic rings. The van der Waals surface area contributed by atoms with Crippen molar-refractivity contribution in [3.63, 3.8) is 0 Å². The Kier molecular flexibility index (Phi) is 9.21. The number of rotatable bonds is 6. The van der Waals surface area contributed by atoms with Gasteiger partial charge in [0.1, 0.15) is 18.4 Å². The molecule has 0 unspecified atom stereocenters. The third kappa shape index (κ3) is 7.37. The lowest BCUT2D eigenvalue weighted by Gasteiger charge is -2.25. The molecule has 0 bridgehead atoms. The summed E-state index contributed by atoms with van der Waals surface area (Å²) in [5.74, 6) is -4.46. The van der Waals surface area contributed by atoms with Crippen molar-refractivity contribution in [2.75, 3.05) is 24.5 Å². The van der Waals surface area contributed by atoms with Gasteiger partial charge in [0.05, 0.1) is 12.1 Å². The van der Waals surface area contributed by atoms with Crippen LogP contribution in [0, 0.1) is 0 Å². The molecule has 0 aromatic heterocycles. The maximum absolute atomic E-state index is 13.7. The minimum Gasteiger partial charge on any atom is -0.490 e. The van der Waals surface area contributed by atoms with Gasteiger partial charge in [0.25, 0.3) is 5.91 Å². The van der Waals surface area contributed by atoms with Crippen molar-refractivity contribution in [3.8, 4) is 5.75 Å². The van der Waals surface area contributed by atoms with Crippen LogP contribution >= 0.6 is 11.6 Å². The van der Waals surface area contributed by atoms with E-state index in [1.165, 1.54) is 40.1 Å². The number of hydrogen-bond acceptors (Lipinski definition) is 7. The molecule has 0 atom stereocenters. The Morgan fingerprint density at radius 1 is 0.909 bits per heavy atom. The van der Waals surface area contributed by atoms with Gasteiger partial charge < -0.3 is 24.6 Å². The van der Waals surface area contributed by atoms with Gasteiger partial charge in [-0.3, -0.25) is 9.59 Å². The molecule has 1 fully saturated rings. The first-order chi connectivity index (χ1) is 21.0. The topological polar surface area (TPSA) is 105 Å². The molecule has 2 heterocycles. The number of alkyl halides is 3. The summed E-state index contributed by atoms with van der Waals surface area (Å²) in [6, 6.07) is 17.1. The Bertz CT molecular complexity index is 1560. The molecule has 5 rings (SSSR count). The molecule has 13 heteroatoms. The van der Waals surface area contributed by atoms with Crippen LogP contribution < -0.4 is 15.0 Å². The number of carbonyl (C=O) groups is 4. The highest BCUT2D eigenvalue weighted by Crippen LogP contribution is 2.31. The zero-order valence-electron chi connectivity index (χ0n) is 23.2. The predicted molar refractivity (Wildman–Crippen MR) is 153 cm³/mol. The van der Waals surface area contributed by atoms with Gasteiger partial charge in [-0.25, -0.2) is 9.59 Å². The van der Waals surface area contributed by atoms with E-state index < -0.39 is 29.9 Å². The van der Waals surface area contributed by atoms with Crippen molar-refractivity contribution in [1.29, 1.82) is 0 Å². The van der Waals surface area contributed by atoms with E-state index in [4.69, 9.17) is 16.3 Å². The molecule has 0 radical (unpaired) electrons. The summed E-state index contributed by atoms with van der Waals surface area (Å²) >= 11 is 5.95. The Morgan fingerprint density at radius 2 is 1.57 bits per heavy atom. The molecular weight excluding hydrogens is 603 g/mol. The number of anilines is 1. The number of hydrogen-bond donors (Lipinski definition) is 1. The van der Waals surface area contributed by atoms with E-state index in [1.54, 1.807) is 36.4 Å². The van der Waals surface area contributed by atoms with Gasteiger partial charge >= 0.3 is 18.1 Å². The van der Waals surface area contributed by atoms with E-state index in [2.05, 4.69) is 10.1 Å². The number of nitrogens with one attached hydrogen (secondary N) is 1. The molecule has 0 aliphatic carbocycles. The normalized spacial score (nSPS) is 15.8. The zero-order chi connectivity index (χ0) is 31.4. The van der Waals surface area contributed by atoms with Crippen LogP contribution in [0.1, 0.15) is 44.7 Å². The second kappa shape index (κ2) is 13.1. The lowest BCUT2D eigenvalue weighted by Crippen LogP contribution is -2.39. The molecule has 9 nitrogen and oxygen atoms in total.